The Morgan fingerprint density at radius 2 is 2.38 bits per heavy atom. The van der Waals surface area contributed by atoms with E-state index in [2.05, 4.69) is 12.2 Å². The van der Waals surface area contributed by atoms with Gasteiger partial charge in [-0.1, -0.05) is 13.3 Å². The van der Waals surface area contributed by atoms with Gasteiger partial charge >= 0.3 is 0 Å². The molecular weight excluding hydrogens is 203 g/mol. The Kier molecular flexibility index (Phi) is 3.09. The number of hydrogen-bond donors (Lipinski definition) is 1. The summed E-state index contributed by atoms with van der Waals surface area (Å²) in [5.74, 6) is 0.365. The third-order valence-electron chi connectivity index (χ3n) is 3.03. The highest BCUT2D eigenvalue weighted by Gasteiger charge is 2.36. The number of halogens is 1. The van der Waals surface area contributed by atoms with Crippen LogP contribution in [-0.2, 0) is 0 Å². The summed E-state index contributed by atoms with van der Waals surface area (Å²) in [6.45, 7) is 2.17. The lowest BCUT2D eigenvalue weighted by atomic mass is 10.2. The van der Waals surface area contributed by atoms with Crippen molar-refractivity contribution in [3.05, 3.63) is 29.6 Å². The van der Waals surface area contributed by atoms with Gasteiger partial charge in [-0.2, -0.15) is 5.26 Å². The number of hydrogen-bond acceptors (Lipinski definition) is 2. The van der Waals surface area contributed by atoms with Crippen LogP contribution in [0.1, 0.15) is 31.7 Å². The second kappa shape index (κ2) is 4.52. The van der Waals surface area contributed by atoms with Gasteiger partial charge in [0.25, 0.3) is 0 Å². The molecule has 0 aromatic heterocycles. The van der Waals surface area contributed by atoms with Crippen molar-refractivity contribution < 1.29 is 4.39 Å². The Bertz CT molecular complexity index is 422. The second-order valence-electron chi connectivity index (χ2n) is 4.34. The first-order valence-corrected chi connectivity index (χ1v) is 5.70. The summed E-state index contributed by atoms with van der Waals surface area (Å²) in [6.07, 6.45) is 3.58. The van der Waals surface area contributed by atoms with Crippen LogP contribution >= 0.6 is 0 Å². The average molecular weight is 218 g/mol. The maximum absolute atomic E-state index is 12.9. The summed E-state index contributed by atoms with van der Waals surface area (Å²) in [4.78, 5) is 0. The molecule has 16 heavy (non-hydrogen) atoms. The van der Waals surface area contributed by atoms with Crippen LogP contribution in [0.2, 0.25) is 0 Å². The molecular formula is C13H15FN2. The van der Waals surface area contributed by atoms with E-state index < -0.39 is 0 Å². The third-order valence-corrected chi connectivity index (χ3v) is 3.03. The minimum Gasteiger partial charge on any atom is -0.381 e. The maximum Gasteiger partial charge on any atom is 0.124 e. The van der Waals surface area contributed by atoms with Crippen molar-refractivity contribution >= 4 is 5.69 Å². The highest BCUT2D eigenvalue weighted by Crippen LogP contribution is 2.37. The summed E-state index contributed by atoms with van der Waals surface area (Å²) in [5, 5.41) is 12.2. The van der Waals surface area contributed by atoms with E-state index in [1.54, 1.807) is 6.07 Å². The molecule has 1 aromatic rings. The zero-order valence-electron chi connectivity index (χ0n) is 9.33. The third kappa shape index (κ3) is 2.33. The first-order chi connectivity index (χ1) is 7.74. The van der Waals surface area contributed by atoms with Gasteiger partial charge in [0.2, 0.25) is 0 Å². The fraction of sp³-hybridized carbons (Fsp3) is 0.462. The SMILES string of the molecule is CCCC1CC1Nc1ccc(F)cc1C#N. The monoisotopic (exact) mass is 218 g/mol. The zero-order valence-corrected chi connectivity index (χ0v) is 9.33. The minimum atomic E-state index is -0.358. The van der Waals surface area contributed by atoms with Gasteiger partial charge in [0.05, 0.1) is 11.3 Å². The smallest absolute Gasteiger partial charge is 0.124 e. The number of anilines is 1. The van der Waals surface area contributed by atoms with E-state index >= 15 is 0 Å². The summed E-state index contributed by atoms with van der Waals surface area (Å²) in [6, 6.07) is 6.80. The Hall–Kier alpha value is -1.56. The van der Waals surface area contributed by atoms with Crippen molar-refractivity contribution in [3.63, 3.8) is 0 Å². The van der Waals surface area contributed by atoms with Gasteiger partial charge in [0.15, 0.2) is 0 Å². The fourth-order valence-corrected chi connectivity index (χ4v) is 2.05. The molecule has 0 amide bonds. The summed E-state index contributed by atoms with van der Waals surface area (Å²) in [5.41, 5.74) is 1.15. The number of nitriles is 1. The summed E-state index contributed by atoms with van der Waals surface area (Å²) >= 11 is 0. The molecule has 84 valence electrons. The van der Waals surface area contributed by atoms with Crippen LogP contribution in [-0.4, -0.2) is 6.04 Å². The van der Waals surface area contributed by atoms with Crippen molar-refractivity contribution in [1.29, 1.82) is 5.26 Å². The second-order valence-corrected chi connectivity index (χ2v) is 4.34. The molecule has 3 heteroatoms. The van der Waals surface area contributed by atoms with Gasteiger partial charge in [0, 0.05) is 6.04 Å². The van der Waals surface area contributed by atoms with Gasteiger partial charge in [-0.3, -0.25) is 0 Å². The van der Waals surface area contributed by atoms with E-state index in [9.17, 15) is 4.39 Å². The molecule has 2 unspecified atom stereocenters. The fourth-order valence-electron chi connectivity index (χ4n) is 2.05. The van der Waals surface area contributed by atoms with Gasteiger partial charge in [-0.15, -0.1) is 0 Å². The van der Waals surface area contributed by atoms with Crippen LogP contribution in [0.4, 0.5) is 10.1 Å². The molecule has 1 aliphatic carbocycles. The Morgan fingerprint density at radius 3 is 3.06 bits per heavy atom. The molecule has 1 aliphatic rings. The zero-order chi connectivity index (χ0) is 11.5. The molecule has 1 aromatic carbocycles. The molecule has 1 fully saturated rings. The van der Waals surface area contributed by atoms with Gasteiger partial charge in [0.1, 0.15) is 11.9 Å². The predicted molar refractivity (Wildman–Crippen MR) is 61.5 cm³/mol. The van der Waals surface area contributed by atoms with E-state index in [0.29, 0.717) is 11.6 Å². The van der Waals surface area contributed by atoms with E-state index in [-0.39, 0.29) is 5.82 Å². The predicted octanol–water partition coefficient (Wildman–Crippen LogP) is 3.30. The molecule has 2 nitrogen and oxygen atoms in total. The largest absolute Gasteiger partial charge is 0.381 e. The van der Waals surface area contributed by atoms with Crippen LogP contribution in [0.25, 0.3) is 0 Å². The normalized spacial score (nSPS) is 22.6. The quantitative estimate of drug-likeness (QED) is 0.841. The Labute approximate surface area is 95.1 Å². The van der Waals surface area contributed by atoms with Crippen molar-refractivity contribution in [2.45, 2.75) is 32.2 Å². The van der Waals surface area contributed by atoms with Crippen molar-refractivity contribution in [1.82, 2.24) is 0 Å². The first-order valence-electron chi connectivity index (χ1n) is 5.70. The molecule has 1 saturated carbocycles. The number of benzene rings is 1. The molecule has 0 bridgehead atoms. The lowest BCUT2D eigenvalue weighted by molar-refractivity contribution is 0.627. The van der Waals surface area contributed by atoms with Crippen LogP contribution in [0.3, 0.4) is 0 Å². The standard InChI is InChI=1S/C13H15FN2/c1-2-3-9-7-13(9)16-12-5-4-11(14)6-10(12)8-15/h4-6,9,13,16H,2-3,7H2,1H3. The van der Waals surface area contributed by atoms with Gasteiger partial charge in [-0.25, -0.2) is 4.39 Å². The average Bonchev–Trinajstić information content (AvgIpc) is 3.00. The van der Waals surface area contributed by atoms with Crippen LogP contribution in [0.5, 0.6) is 0 Å². The van der Waals surface area contributed by atoms with Crippen molar-refractivity contribution in [2.24, 2.45) is 5.92 Å². The van der Waals surface area contributed by atoms with Crippen LogP contribution in [0, 0.1) is 23.1 Å². The number of nitrogens with one attached hydrogen (secondary N) is 1. The highest BCUT2D eigenvalue weighted by atomic mass is 19.1. The van der Waals surface area contributed by atoms with E-state index in [1.165, 1.54) is 25.0 Å². The lowest BCUT2D eigenvalue weighted by Crippen LogP contribution is -2.06. The Morgan fingerprint density at radius 1 is 1.56 bits per heavy atom. The van der Waals surface area contributed by atoms with Crippen molar-refractivity contribution in [2.75, 3.05) is 5.32 Å². The summed E-state index contributed by atoms with van der Waals surface area (Å²) < 4.78 is 12.9. The van der Waals surface area contributed by atoms with Crippen LogP contribution in [0.15, 0.2) is 18.2 Å². The molecule has 1 N–H and O–H groups in total. The number of rotatable bonds is 4. The van der Waals surface area contributed by atoms with E-state index in [1.807, 2.05) is 6.07 Å². The molecule has 0 heterocycles. The van der Waals surface area contributed by atoms with Gasteiger partial charge < -0.3 is 5.32 Å². The van der Waals surface area contributed by atoms with Gasteiger partial charge in [-0.05, 0) is 37.0 Å². The molecule has 0 radical (unpaired) electrons. The molecule has 2 rings (SSSR count). The molecule has 0 aliphatic heterocycles. The number of nitrogens with zero attached hydrogens (tertiary/aromatic N) is 1. The van der Waals surface area contributed by atoms with Crippen LogP contribution < -0.4 is 5.32 Å². The van der Waals surface area contributed by atoms with E-state index in [4.69, 9.17) is 5.26 Å². The lowest BCUT2D eigenvalue weighted by Gasteiger charge is -2.07. The topological polar surface area (TPSA) is 35.8 Å². The summed E-state index contributed by atoms with van der Waals surface area (Å²) in [7, 11) is 0. The molecule has 0 spiro atoms. The molecule has 0 saturated heterocycles. The first kappa shape index (κ1) is 10.9. The van der Waals surface area contributed by atoms with Crippen molar-refractivity contribution in [3.8, 4) is 6.07 Å². The molecule has 2 atom stereocenters. The Balaban J connectivity index is 2.03. The minimum absolute atomic E-state index is 0.358. The highest BCUT2D eigenvalue weighted by molar-refractivity contribution is 5.58. The maximum atomic E-state index is 12.9. The van der Waals surface area contributed by atoms with E-state index in [0.717, 1.165) is 18.0 Å².